The van der Waals surface area contributed by atoms with Gasteiger partial charge in [0, 0.05) is 24.2 Å². The molecule has 1 aliphatic rings. The summed E-state index contributed by atoms with van der Waals surface area (Å²) in [5, 5.41) is 4.17. The molecule has 9 heteroatoms. The van der Waals surface area contributed by atoms with Crippen LogP contribution in [0.25, 0.3) is 10.8 Å². The van der Waals surface area contributed by atoms with Crippen molar-refractivity contribution in [1.82, 2.24) is 4.57 Å². The minimum absolute atomic E-state index is 0.00901. The molecule has 36 heavy (non-hydrogen) atoms. The normalized spacial score (nSPS) is 18.0. The molecular weight excluding hydrogens is 468 g/mol. The van der Waals surface area contributed by atoms with Gasteiger partial charge in [-0.25, -0.2) is 0 Å². The standard InChI is InChI=1S/C27H32BF3N2O3/c1-15-9-10-22(21(13-15)27(29,30)31)32-17(3)18-11-16(2)12-20-19(18)14-23(33(8)24(20)34)28-35-25(4,5)26(6,7)36-28/h9-14,17,32H,1-8H3/t17-/m1/s1. The van der Waals surface area contributed by atoms with Crippen LogP contribution in [0, 0.1) is 13.8 Å². The van der Waals surface area contributed by atoms with Crippen molar-refractivity contribution in [2.24, 2.45) is 7.05 Å². The predicted octanol–water partition coefficient (Wildman–Crippen LogP) is 5.65. The Labute approximate surface area is 209 Å². The van der Waals surface area contributed by atoms with Crippen LogP contribution in [0.15, 0.2) is 41.2 Å². The van der Waals surface area contributed by atoms with E-state index in [0.29, 0.717) is 27.5 Å². The first-order valence-electron chi connectivity index (χ1n) is 12.0. The largest absolute Gasteiger partial charge is 0.512 e. The number of hydrogen-bond acceptors (Lipinski definition) is 4. The Morgan fingerprint density at radius 1 is 0.944 bits per heavy atom. The molecule has 0 unspecified atom stereocenters. The van der Waals surface area contributed by atoms with E-state index in [1.165, 1.54) is 10.6 Å². The number of rotatable bonds is 4. The molecule has 192 valence electrons. The highest BCUT2D eigenvalue weighted by Crippen LogP contribution is 2.38. The molecule has 0 radical (unpaired) electrons. The van der Waals surface area contributed by atoms with Gasteiger partial charge in [-0.2, -0.15) is 13.2 Å². The second-order valence-corrected chi connectivity index (χ2v) is 10.7. The Morgan fingerprint density at radius 2 is 1.56 bits per heavy atom. The number of pyridine rings is 1. The highest BCUT2D eigenvalue weighted by atomic mass is 19.4. The predicted molar refractivity (Wildman–Crippen MR) is 138 cm³/mol. The molecule has 1 saturated heterocycles. The molecule has 3 aromatic rings. The molecule has 1 N–H and O–H groups in total. The average Bonchev–Trinajstić information content (AvgIpc) is 2.97. The van der Waals surface area contributed by atoms with Crippen LogP contribution in [0.2, 0.25) is 0 Å². The molecule has 2 heterocycles. The van der Waals surface area contributed by atoms with E-state index in [1.54, 1.807) is 33.0 Å². The van der Waals surface area contributed by atoms with Gasteiger partial charge in [-0.3, -0.25) is 4.79 Å². The maximum Gasteiger partial charge on any atom is 0.512 e. The monoisotopic (exact) mass is 500 g/mol. The van der Waals surface area contributed by atoms with Gasteiger partial charge < -0.3 is 19.2 Å². The van der Waals surface area contributed by atoms with Crippen molar-refractivity contribution in [3.63, 3.8) is 0 Å². The molecule has 2 aromatic carbocycles. The molecule has 1 aromatic heterocycles. The van der Waals surface area contributed by atoms with Gasteiger partial charge in [0.05, 0.1) is 22.4 Å². The van der Waals surface area contributed by atoms with E-state index < -0.39 is 36.1 Å². The van der Waals surface area contributed by atoms with Gasteiger partial charge in [0.25, 0.3) is 5.56 Å². The third kappa shape index (κ3) is 4.54. The molecule has 0 saturated carbocycles. The first-order chi connectivity index (χ1) is 16.5. The van der Waals surface area contributed by atoms with Crippen molar-refractivity contribution in [3.8, 4) is 0 Å². The van der Waals surface area contributed by atoms with Crippen molar-refractivity contribution in [1.29, 1.82) is 0 Å². The number of benzene rings is 2. The Morgan fingerprint density at radius 3 is 2.14 bits per heavy atom. The van der Waals surface area contributed by atoms with E-state index in [4.69, 9.17) is 9.31 Å². The van der Waals surface area contributed by atoms with Crippen LogP contribution in [0.4, 0.5) is 18.9 Å². The van der Waals surface area contributed by atoms with Gasteiger partial charge in [0.15, 0.2) is 0 Å². The van der Waals surface area contributed by atoms with Gasteiger partial charge >= 0.3 is 13.3 Å². The summed E-state index contributed by atoms with van der Waals surface area (Å²) in [4.78, 5) is 13.4. The average molecular weight is 500 g/mol. The van der Waals surface area contributed by atoms with Gasteiger partial charge in [0.2, 0.25) is 0 Å². The number of nitrogens with one attached hydrogen (secondary N) is 1. The lowest BCUT2D eigenvalue weighted by atomic mass is 9.81. The second-order valence-electron chi connectivity index (χ2n) is 10.7. The fourth-order valence-electron chi connectivity index (χ4n) is 4.58. The number of nitrogens with zero attached hydrogens (tertiary/aromatic N) is 1. The van der Waals surface area contributed by atoms with E-state index in [2.05, 4.69) is 5.32 Å². The highest BCUT2D eigenvalue weighted by Gasteiger charge is 2.52. The Kier molecular flexibility index (Phi) is 6.33. The summed E-state index contributed by atoms with van der Waals surface area (Å²) < 4.78 is 55.1. The molecule has 4 rings (SSSR count). The topological polar surface area (TPSA) is 52.5 Å². The molecule has 0 spiro atoms. The summed E-state index contributed by atoms with van der Waals surface area (Å²) in [5.74, 6) is 0. The smallest absolute Gasteiger partial charge is 0.398 e. The first-order valence-corrected chi connectivity index (χ1v) is 12.0. The number of aromatic nitrogens is 1. The Hall–Kier alpha value is -2.78. The number of aryl methyl sites for hydroxylation is 2. The lowest BCUT2D eigenvalue weighted by molar-refractivity contribution is -0.137. The Balaban J connectivity index is 1.84. The molecular formula is C27H32BF3N2O3. The molecule has 5 nitrogen and oxygen atoms in total. The molecule has 1 aliphatic heterocycles. The van der Waals surface area contributed by atoms with Crippen LogP contribution in [-0.2, 0) is 22.5 Å². The summed E-state index contributed by atoms with van der Waals surface area (Å²) in [6, 6.07) is 9.26. The molecule has 1 atom stereocenters. The van der Waals surface area contributed by atoms with Crippen molar-refractivity contribution >= 4 is 29.2 Å². The minimum atomic E-state index is -4.50. The minimum Gasteiger partial charge on any atom is -0.398 e. The van der Waals surface area contributed by atoms with Crippen LogP contribution in [-0.4, -0.2) is 22.9 Å². The highest BCUT2D eigenvalue weighted by molar-refractivity contribution is 6.61. The summed E-state index contributed by atoms with van der Waals surface area (Å²) in [7, 11) is 0.914. The summed E-state index contributed by atoms with van der Waals surface area (Å²) in [5.41, 5.74) is 0.499. The first kappa shape index (κ1) is 26.3. The van der Waals surface area contributed by atoms with Gasteiger partial charge in [-0.1, -0.05) is 17.7 Å². The van der Waals surface area contributed by atoms with Gasteiger partial charge in [-0.15, -0.1) is 0 Å². The van der Waals surface area contributed by atoms with E-state index in [1.807, 2.05) is 46.8 Å². The van der Waals surface area contributed by atoms with Crippen LogP contribution in [0.1, 0.15) is 62.9 Å². The van der Waals surface area contributed by atoms with Gasteiger partial charge in [-0.05, 0) is 89.2 Å². The van der Waals surface area contributed by atoms with E-state index in [0.717, 1.165) is 11.6 Å². The van der Waals surface area contributed by atoms with Crippen molar-refractivity contribution in [3.05, 3.63) is 69.0 Å². The van der Waals surface area contributed by atoms with Crippen molar-refractivity contribution in [2.45, 2.75) is 71.9 Å². The molecule has 0 amide bonds. The fraction of sp³-hybridized carbons (Fsp3) is 0.444. The summed E-state index contributed by atoms with van der Waals surface area (Å²) >= 11 is 0. The summed E-state index contributed by atoms with van der Waals surface area (Å²) in [6.07, 6.45) is -4.50. The van der Waals surface area contributed by atoms with Crippen molar-refractivity contribution in [2.75, 3.05) is 5.32 Å². The Bertz CT molecular complexity index is 1380. The molecule has 1 fully saturated rings. The quantitative estimate of drug-likeness (QED) is 0.471. The summed E-state index contributed by atoms with van der Waals surface area (Å²) in [6.45, 7) is 13.0. The number of alkyl halides is 3. The molecule has 0 aliphatic carbocycles. The lowest BCUT2D eigenvalue weighted by Gasteiger charge is -2.32. The molecule has 0 bridgehead atoms. The van der Waals surface area contributed by atoms with E-state index >= 15 is 0 Å². The third-order valence-electron chi connectivity index (χ3n) is 7.38. The van der Waals surface area contributed by atoms with E-state index in [9.17, 15) is 18.0 Å². The third-order valence-corrected chi connectivity index (χ3v) is 7.38. The van der Waals surface area contributed by atoms with Crippen LogP contribution in [0.3, 0.4) is 0 Å². The van der Waals surface area contributed by atoms with Crippen LogP contribution < -0.4 is 16.5 Å². The number of fused-ring (bicyclic) bond motifs is 1. The zero-order chi connectivity index (χ0) is 26.8. The fourth-order valence-corrected chi connectivity index (χ4v) is 4.58. The maximum absolute atomic E-state index is 13.7. The SMILES string of the molecule is Cc1ccc(N[C@H](C)c2cc(C)cc3c(=O)n(C)c(B4OC(C)(C)C(C)(C)O4)cc23)c(C(F)(F)F)c1. The zero-order valence-electron chi connectivity index (χ0n) is 21.9. The second kappa shape index (κ2) is 8.66. The van der Waals surface area contributed by atoms with Crippen molar-refractivity contribution < 1.29 is 22.5 Å². The number of halogens is 3. The van der Waals surface area contributed by atoms with Crippen LogP contribution >= 0.6 is 0 Å². The van der Waals surface area contributed by atoms with E-state index in [-0.39, 0.29) is 11.2 Å². The maximum atomic E-state index is 13.7. The van der Waals surface area contributed by atoms with Crippen LogP contribution in [0.5, 0.6) is 0 Å². The van der Waals surface area contributed by atoms with Gasteiger partial charge in [0.1, 0.15) is 0 Å². The number of anilines is 1. The zero-order valence-corrected chi connectivity index (χ0v) is 21.9. The lowest BCUT2D eigenvalue weighted by Crippen LogP contribution is -2.44. The number of hydrogen-bond donors (Lipinski definition) is 1.